The molecule has 1 saturated carbocycles. The molecule has 0 aromatic heterocycles. The summed E-state index contributed by atoms with van der Waals surface area (Å²) in [5.41, 5.74) is -0.695. The zero-order valence-electron chi connectivity index (χ0n) is 17.8. The number of methoxy groups -OCH3 is 1. The Morgan fingerprint density at radius 1 is 1.11 bits per heavy atom. The summed E-state index contributed by atoms with van der Waals surface area (Å²) in [4.78, 5) is 11.1. The maximum absolute atomic E-state index is 11.3. The highest BCUT2D eigenvalue weighted by Crippen LogP contribution is 2.42. The minimum atomic E-state index is -0.695. The van der Waals surface area contributed by atoms with Crippen LogP contribution in [0, 0.1) is 5.92 Å². The molecule has 1 rings (SSSR count). The molecule has 162 valence electrons. The number of unbranched alkanes of at least 4 members (excludes halogenated alkanes) is 6. The highest BCUT2D eigenvalue weighted by Gasteiger charge is 2.45. The summed E-state index contributed by atoms with van der Waals surface area (Å²) < 4.78 is 10.5. The van der Waals surface area contributed by atoms with Crippen LogP contribution in [0.3, 0.4) is 0 Å². The van der Waals surface area contributed by atoms with E-state index in [0.29, 0.717) is 6.61 Å². The first-order valence-electron chi connectivity index (χ1n) is 10.9. The van der Waals surface area contributed by atoms with Crippen molar-refractivity contribution in [2.24, 2.45) is 5.92 Å². The Kier molecular flexibility index (Phi) is 13.1. The van der Waals surface area contributed by atoms with Crippen LogP contribution < -0.4 is 0 Å². The Morgan fingerprint density at radius 3 is 2.54 bits per heavy atom. The van der Waals surface area contributed by atoms with E-state index in [1.165, 1.54) is 13.2 Å². The van der Waals surface area contributed by atoms with Crippen LogP contribution >= 0.6 is 0 Å². The highest BCUT2D eigenvalue weighted by atomic mass is 16.5. The molecular weight excluding hydrogens is 356 g/mol. The van der Waals surface area contributed by atoms with Crippen LogP contribution in [-0.4, -0.2) is 48.2 Å². The highest BCUT2D eigenvalue weighted by molar-refractivity contribution is 5.81. The molecule has 0 spiro atoms. The minimum Gasteiger partial charge on any atom is -0.466 e. The molecule has 0 aromatic carbocycles. The zero-order valence-corrected chi connectivity index (χ0v) is 17.8. The van der Waals surface area contributed by atoms with Crippen LogP contribution in [0.4, 0.5) is 0 Å². The van der Waals surface area contributed by atoms with Crippen LogP contribution in [0.25, 0.3) is 0 Å². The van der Waals surface area contributed by atoms with Crippen LogP contribution in [0.5, 0.6) is 0 Å². The largest absolute Gasteiger partial charge is 0.466 e. The van der Waals surface area contributed by atoms with Crippen LogP contribution in [0.2, 0.25) is 0 Å². The van der Waals surface area contributed by atoms with E-state index >= 15 is 0 Å². The number of carbonyl (C=O) groups is 1. The van der Waals surface area contributed by atoms with Gasteiger partial charge in [-0.2, -0.15) is 0 Å². The van der Waals surface area contributed by atoms with Crippen LogP contribution in [0.1, 0.15) is 77.6 Å². The van der Waals surface area contributed by atoms with E-state index in [2.05, 4.69) is 16.9 Å². The van der Waals surface area contributed by atoms with Crippen molar-refractivity contribution in [3.63, 3.8) is 0 Å². The van der Waals surface area contributed by atoms with Crippen molar-refractivity contribution in [2.45, 2.75) is 89.3 Å². The lowest BCUT2D eigenvalue weighted by Crippen LogP contribution is -2.36. The van der Waals surface area contributed by atoms with Gasteiger partial charge < -0.3 is 19.7 Å². The lowest BCUT2D eigenvalue weighted by Gasteiger charge is -2.31. The molecule has 1 unspecified atom stereocenters. The van der Waals surface area contributed by atoms with Crippen molar-refractivity contribution in [3.05, 3.63) is 24.3 Å². The van der Waals surface area contributed by atoms with Crippen molar-refractivity contribution in [2.75, 3.05) is 20.3 Å². The maximum Gasteiger partial charge on any atom is 0.330 e. The van der Waals surface area contributed by atoms with Gasteiger partial charge in [-0.3, -0.25) is 0 Å². The van der Waals surface area contributed by atoms with Gasteiger partial charge in [0.2, 0.25) is 0 Å². The molecule has 3 atom stereocenters. The third-order valence-corrected chi connectivity index (χ3v) is 5.57. The summed E-state index contributed by atoms with van der Waals surface area (Å²) in [6.45, 7) is 2.96. The first kappa shape index (κ1) is 24.9. The fraction of sp³-hybridized carbons (Fsp3) is 0.783. The van der Waals surface area contributed by atoms with Crippen molar-refractivity contribution >= 4 is 5.97 Å². The molecule has 5 heteroatoms. The number of aliphatic hydroxyl groups excluding tert-OH is 1. The minimum absolute atomic E-state index is 0.0514. The summed E-state index contributed by atoms with van der Waals surface area (Å²) in [7, 11) is 1.37. The lowest BCUT2D eigenvalue weighted by atomic mass is 9.84. The standard InChI is InChI=1S/C23H40O5/c1-3-28-21-16-18-23(26,17-12-8-7-11-15-22(25)27-2)20(21)14-10-6-4-5-9-13-19-24/h10-11,14-15,20-21,24,26H,3-9,12-13,16-19H2,1-2H3/t20-,21+,23?/m1/s1. The second-order valence-corrected chi connectivity index (χ2v) is 7.69. The predicted octanol–water partition coefficient (Wildman–Crippen LogP) is 4.32. The fourth-order valence-corrected chi connectivity index (χ4v) is 3.99. The van der Waals surface area contributed by atoms with Crippen molar-refractivity contribution in [3.8, 4) is 0 Å². The van der Waals surface area contributed by atoms with Crippen molar-refractivity contribution in [1.29, 1.82) is 0 Å². The molecule has 0 heterocycles. The van der Waals surface area contributed by atoms with E-state index < -0.39 is 5.60 Å². The van der Waals surface area contributed by atoms with Gasteiger partial charge in [0.1, 0.15) is 0 Å². The normalized spacial score (nSPS) is 25.1. The molecule has 1 fully saturated rings. The van der Waals surface area contributed by atoms with E-state index in [0.717, 1.165) is 70.6 Å². The molecule has 1 aliphatic rings. The van der Waals surface area contributed by atoms with Gasteiger partial charge in [0.05, 0.1) is 18.8 Å². The Balaban J connectivity index is 2.46. The average molecular weight is 397 g/mol. The maximum atomic E-state index is 11.3. The van der Waals surface area contributed by atoms with Gasteiger partial charge in [-0.05, 0) is 58.3 Å². The Hall–Kier alpha value is -1.17. The first-order valence-corrected chi connectivity index (χ1v) is 10.9. The van der Waals surface area contributed by atoms with E-state index in [4.69, 9.17) is 9.84 Å². The Labute approximate surface area is 170 Å². The summed E-state index contributed by atoms with van der Waals surface area (Å²) >= 11 is 0. The quantitative estimate of drug-likeness (QED) is 0.187. The smallest absolute Gasteiger partial charge is 0.330 e. The number of ether oxygens (including phenoxy) is 2. The molecular formula is C23H40O5. The molecule has 0 amide bonds. The van der Waals surface area contributed by atoms with E-state index in [9.17, 15) is 9.90 Å². The van der Waals surface area contributed by atoms with E-state index in [1.807, 2.05) is 13.0 Å². The summed E-state index contributed by atoms with van der Waals surface area (Å²) in [6, 6.07) is 0. The molecule has 28 heavy (non-hydrogen) atoms. The molecule has 1 aliphatic carbocycles. The van der Waals surface area contributed by atoms with Crippen LogP contribution in [0.15, 0.2) is 24.3 Å². The number of hydrogen-bond acceptors (Lipinski definition) is 5. The molecule has 0 saturated heterocycles. The summed E-state index contributed by atoms with van der Waals surface area (Å²) in [6.07, 6.45) is 18.1. The Morgan fingerprint density at radius 2 is 1.82 bits per heavy atom. The monoisotopic (exact) mass is 396 g/mol. The fourth-order valence-electron chi connectivity index (χ4n) is 3.99. The van der Waals surface area contributed by atoms with Crippen molar-refractivity contribution < 1.29 is 24.5 Å². The topological polar surface area (TPSA) is 76.0 Å². The number of allylic oxidation sites excluding steroid dienone is 2. The second-order valence-electron chi connectivity index (χ2n) is 7.69. The lowest BCUT2D eigenvalue weighted by molar-refractivity contribution is -0.134. The third kappa shape index (κ3) is 9.35. The van der Waals surface area contributed by atoms with Crippen molar-refractivity contribution in [1.82, 2.24) is 0 Å². The van der Waals surface area contributed by atoms with Gasteiger partial charge in [-0.25, -0.2) is 4.79 Å². The molecule has 2 N–H and O–H groups in total. The number of carbonyl (C=O) groups excluding carboxylic acids is 1. The van der Waals surface area contributed by atoms with Gasteiger partial charge in [0.15, 0.2) is 0 Å². The number of hydrogen-bond donors (Lipinski definition) is 2. The molecule has 5 nitrogen and oxygen atoms in total. The van der Waals surface area contributed by atoms with Gasteiger partial charge in [-0.1, -0.05) is 37.5 Å². The van der Waals surface area contributed by atoms with Gasteiger partial charge in [0, 0.05) is 25.2 Å². The second kappa shape index (κ2) is 14.8. The third-order valence-electron chi connectivity index (χ3n) is 5.57. The molecule has 0 aliphatic heterocycles. The predicted molar refractivity (Wildman–Crippen MR) is 112 cm³/mol. The zero-order chi connectivity index (χ0) is 20.7. The van der Waals surface area contributed by atoms with Crippen LogP contribution in [-0.2, 0) is 14.3 Å². The molecule has 0 bridgehead atoms. The average Bonchev–Trinajstić information content (AvgIpc) is 3.00. The van der Waals surface area contributed by atoms with E-state index in [-0.39, 0.29) is 24.6 Å². The summed E-state index contributed by atoms with van der Waals surface area (Å²) in [5.74, 6) is -0.272. The molecule has 0 radical (unpaired) electrons. The summed E-state index contributed by atoms with van der Waals surface area (Å²) in [5, 5.41) is 20.1. The van der Waals surface area contributed by atoms with Gasteiger partial charge in [0.25, 0.3) is 0 Å². The first-order chi connectivity index (χ1) is 13.6. The SMILES string of the molecule is CCO[C@H]1CCC(O)(CCCCC=CC(=O)OC)[C@@H]1C=CCCCCCCO. The number of esters is 1. The van der Waals surface area contributed by atoms with Gasteiger partial charge in [-0.15, -0.1) is 0 Å². The molecule has 0 aromatic rings. The van der Waals surface area contributed by atoms with Gasteiger partial charge >= 0.3 is 5.97 Å². The van der Waals surface area contributed by atoms with E-state index in [1.54, 1.807) is 0 Å². The number of rotatable bonds is 15. The number of aliphatic hydroxyl groups is 2. The Bertz CT molecular complexity index is 474.